The highest BCUT2D eigenvalue weighted by atomic mass is 19.5. The van der Waals surface area contributed by atoms with E-state index >= 15 is 0 Å². The van der Waals surface area contributed by atoms with Crippen molar-refractivity contribution in [1.82, 2.24) is 0 Å². The van der Waals surface area contributed by atoms with Crippen LogP contribution >= 0.6 is 0 Å². The maximum atomic E-state index is 9.75. The fraction of sp³-hybridized carbons (Fsp3) is 0.500. The maximum absolute atomic E-state index is 9.75. The number of H-pyrrole nitrogens is 1. The summed E-state index contributed by atoms with van der Waals surface area (Å²) < 4.78 is 39.0. The summed E-state index contributed by atoms with van der Waals surface area (Å²) in [5.74, 6) is 0. The standard InChI is InChI=1S/C10H15N.BF4/c1-2-3-4-5-10-6-8-11-9-7-10;2-1(3,4)5/h6-9H,2-5H2,1H3;/q;-1/p+1. The van der Waals surface area contributed by atoms with Crippen molar-refractivity contribution in [2.45, 2.75) is 32.6 Å². The molecule has 0 bridgehead atoms. The van der Waals surface area contributed by atoms with Crippen LogP contribution < -0.4 is 4.98 Å². The predicted octanol–water partition coefficient (Wildman–Crippen LogP) is 3.53. The van der Waals surface area contributed by atoms with Gasteiger partial charge < -0.3 is 17.3 Å². The molecule has 1 nitrogen and oxygen atoms in total. The summed E-state index contributed by atoms with van der Waals surface area (Å²) in [6.45, 7) is 2.23. The lowest BCUT2D eigenvalue weighted by atomic mass is 10.1. The van der Waals surface area contributed by atoms with Crippen LogP contribution in [0.5, 0.6) is 0 Å². The van der Waals surface area contributed by atoms with Gasteiger partial charge in [0.05, 0.1) is 0 Å². The van der Waals surface area contributed by atoms with E-state index in [1.807, 2.05) is 12.4 Å². The predicted molar refractivity (Wildman–Crippen MR) is 56.4 cm³/mol. The van der Waals surface area contributed by atoms with Crippen molar-refractivity contribution >= 4 is 7.25 Å². The van der Waals surface area contributed by atoms with Crippen molar-refractivity contribution in [3.8, 4) is 0 Å². The number of hydrogen-bond acceptors (Lipinski definition) is 0. The number of aryl methyl sites for hydroxylation is 1. The third kappa shape index (κ3) is 12.9. The summed E-state index contributed by atoms with van der Waals surface area (Å²) in [7, 11) is -6.00. The largest absolute Gasteiger partial charge is 0.673 e. The Morgan fingerprint density at radius 1 is 1.06 bits per heavy atom. The summed E-state index contributed by atoms with van der Waals surface area (Å²) in [5, 5.41) is 0. The van der Waals surface area contributed by atoms with Gasteiger partial charge in [-0.3, -0.25) is 0 Å². The molecular formula is C10H16BF4N. The Bertz CT molecular complexity index is 257. The molecule has 0 fully saturated rings. The number of unbranched alkanes of at least 4 members (excludes halogenated alkanes) is 2. The second kappa shape index (κ2) is 8.13. The van der Waals surface area contributed by atoms with Gasteiger partial charge in [0.2, 0.25) is 0 Å². The van der Waals surface area contributed by atoms with Crippen LogP contribution in [0.3, 0.4) is 0 Å². The molecule has 1 N–H and O–H groups in total. The molecule has 0 saturated heterocycles. The van der Waals surface area contributed by atoms with Crippen molar-refractivity contribution in [2.75, 3.05) is 0 Å². The second-order valence-electron chi connectivity index (χ2n) is 3.36. The van der Waals surface area contributed by atoms with Crippen LogP contribution in [0.4, 0.5) is 17.3 Å². The highest BCUT2D eigenvalue weighted by Crippen LogP contribution is 2.06. The summed E-state index contributed by atoms with van der Waals surface area (Å²) >= 11 is 0. The minimum Gasteiger partial charge on any atom is -0.418 e. The zero-order chi connectivity index (χ0) is 12.4. The van der Waals surface area contributed by atoms with Crippen molar-refractivity contribution in [3.05, 3.63) is 30.1 Å². The van der Waals surface area contributed by atoms with E-state index in [1.54, 1.807) is 0 Å². The van der Waals surface area contributed by atoms with E-state index in [4.69, 9.17) is 0 Å². The topological polar surface area (TPSA) is 14.1 Å². The lowest BCUT2D eigenvalue weighted by Gasteiger charge is -1.96. The molecule has 0 atom stereocenters. The highest BCUT2D eigenvalue weighted by molar-refractivity contribution is 6.50. The minimum absolute atomic E-state index is 1.22. The molecule has 1 heterocycles. The Balaban J connectivity index is 0.000000385. The zero-order valence-corrected chi connectivity index (χ0v) is 9.23. The zero-order valence-electron chi connectivity index (χ0n) is 9.23. The van der Waals surface area contributed by atoms with Crippen LogP contribution in [-0.4, -0.2) is 7.25 Å². The molecule has 0 radical (unpaired) electrons. The highest BCUT2D eigenvalue weighted by Gasteiger charge is 2.20. The normalized spacial score (nSPS) is 10.6. The van der Waals surface area contributed by atoms with Gasteiger partial charge in [-0.25, -0.2) is 4.98 Å². The van der Waals surface area contributed by atoms with Crippen LogP contribution in [-0.2, 0) is 6.42 Å². The number of nitrogens with one attached hydrogen (secondary N) is 1. The van der Waals surface area contributed by atoms with E-state index in [9.17, 15) is 17.3 Å². The summed E-state index contributed by atoms with van der Waals surface area (Å²) in [5.41, 5.74) is 1.44. The van der Waals surface area contributed by atoms with E-state index < -0.39 is 7.25 Å². The Morgan fingerprint density at radius 2 is 1.56 bits per heavy atom. The SMILES string of the molecule is CCCCCc1cc[nH+]cc1.F[B-](F)(F)F. The third-order valence-corrected chi connectivity index (χ3v) is 1.86. The molecule has 1 aromatic rings. The number of aromatic amines is 1. The number of rotatable bonds is 4. The van der Waals surface area contributed by atoms with E-state index in [0.717, 1.165) is 0 Å². The average molecular weight is 237 g/mol. The molecule has 6 heteroatoms. The van der Waals surface area contributed by atoms with Gasteiger partial charge in [0, 0.05) is 12.1 Å². The van der Waals surface area contributed by atoms with Gasteiger partial charge in [-0.15, -0.1) is 0 Å². The number of hydrogen-bond donors (Lipinski definition) is 0. The van der Waals surface area contributed by atoms with Gasteiger partial charge in [-0.05, 0) is 18.4 Å². The first-order valence-electron chi connectivity index (χ1n) is 5.25. The molecule has 0 aliphatic heterocycles. The molecule has 1 aromatic heterocycles. The quantitative estimate of drug-likeness (QED) is 0.432. The number of aromatic nitrogens is 1. The van der Waals surface area contributed by atoms with Crippen LogP contribution in [0.2, 0.25) is 0 Å². The third-order valence-electron chi connectivity index (χ3n) is 1.86. The van der Waals surface area contributed by atoms with Gasteiger partial charge in [0.15, 0.2) is 12.4 Å². The number of halogens is 4. The van der Waals surface area contributed by atoms with Crippen LogP contribution in [0.25, 0.3) is 0 Å². The van der Waals surface area contributed by atoms with E-state index in [0.29, 0.717) is 0 Å². The van der Waals surface area contributed by atoms with E-state index in [1.165, 1.54) is 31.2 Å². The van der Waals surface area contributed by atoms with Crippen LogP contribution in [0.15, 0.2) is 24.5 Å². The van der Waals surface area contributed by atoms with Crippen molar-refractivity contribution in [1.29, 1.82) is 0 Å². The minimum atomic E-state index is -6.00. The Kier molecular flexibility index (Phi) is 7.59. The molecule has 0 aromatic carbocycles. The molecule has 92 valence electrons. The first-order chi connectivity index (χ1) is 7.43. The Labute approximate surface area is 93.0 Å². The lowest BCUT2D eigenvalue weighted by Crippen LogP contribution is -2.02. The van der Waals surface area contributed by atoms with Gasteiger partial charge in [-0.2, -0.15) is 0 Å². The molecule has 0 saturated carbocycles. The maximum Gasteiger partial charge on any atom is 0.673 e. The fourth-order valence-electron chi connectivity index (χ4n) is 1.17. The molecule has 1 rings (SSSR count). The van der Waals surface area contributed by atoms with E-state index in [2.05, 4.69) is 24.0 Å². The second-order valence-corrected chi connectivity index (χ2v) is 3.36. The first kappa shape index (κ1) is 14.9. The van der Waals surface area contributed by atoms with Crippen LogP contribution in [0, 0.1) is 0 Å². The van der Waals surface area contributed by atoms with Gasteiger partial charge in [0.25, 0.3) is 0 Å². The average Bonchev–Trinajstić information content (AvgIpc) is 2.17. The molecular weight excluding hydrogens is 221 g/mol. The Hall–Kier alpha value is -1.07. The summed E-state index contributed by atoms with van der Waals surface area (Å²) in [6.07, 6.45) is 9.17. The van der Waals surface area contributed by atoms with Gasteiger partial charge >= 0.3 is 7.25 Å². The first-order valence-corrected chi connectivity index (χ1v) is 5.25. The van der Waals surface area contributed by atoms with Gasteiger partial charge in [-0.1, -0.05) is 19.8 Å². The molecule has 0 spiro atoms. The molecule has 16 heavy (non-hydrogen) atoms. The smallest absolute Gasteiger partial charge is 0.418 e. The van der Waals surface area contributed by atoms with Crippen molar-refractivity contribution in [3.63, 3.8) is 0 Å². The van der Waals surface area contributed by atoms with Crippen molar-refractivity contribution < 1.29 is 22.2 Å². The van der Waals surface area contributed by atoms with Crippen LogP contribution in [0.1, 0.15) is 31.7 Å². The monoisotopic (exact) mass is 237 g/mol. The Morgan fingerprint density at radius 3 is 2.00 bits per heavy atom. The molecule has 0 aliphatic carbocycles. The number of pyridine rings is 1. The fourth-order valence-corrected chi connectivity index (χ4v) is 1.17. The molecule has 0 unspecified atom stereocenters. The van der Waals surface area contributed by atoms with Gasteiger partial charge in [0.1, 0.15) is 0 Å². The summed E-state index contributed by atoms with van der Waals surface area (Å²) in [6, 6.07) is 4.30. The van der Waals surface area contributed by atoms with E-state index in [-0.39, 0.29) is 0 Å². The lowest BCUT2D eigenvalue weighted by molar-refractivity contribution is -0.378. The molecule has 0 amide bonds. The summed E-state index contributed by atoms with van der Waals surface area (Å²) in [4.78, 5) is 3.02. The molecule has 0 aliphatic rings. The van der Waals surface area contributed by atoms with Crippen molar-refractivity contribution in [2.24, 2.45) is 0 Å².